The minimum atomic E-state index is -0.0553. The van der Waals surface area contributed by atoms with Crippen LogP contribution in [0.25, 0.3) is 16.7 Å². The lowest BCUT2D eigenvalue weighted by atomic mass is 10.1. The third kappa shape index (κ3) is 3.28. The molecule has 7 heteroatoms. The fourth-order valence-corrected chi connectivity index (χ4v) is 4.34. The van der Waals surface area contributed by atoms with Gasteiger partial charge in [-0.1, -0.05) is 43.3 Å². The Hall–Kier alpha value is -2.77. The molecule has 1 aliphatic carbocycles. The Morgan fingerprint density at radius 3 is 2.50 bits per heavy atom. The minimum absolute atomic E-state index is 0.0553. The number of hydrogen-bond donors (Lipinski definition) is 0. The van der Waals surface area contributed by atoms with Crippen molar-refractivity contribution in [1.82, 2.24) is 23.6 Å². The Labute approximate surface area is 180 Å². The van der Waals surface area contributed by atoms with Crippen molar-refractivity contribution in [3.63, 3.8) is 0 Å². The topological polar surface area (TPSA) is 47.5 Å². The van der Waals surface area contributed by atoms with Gasteiger partial charge in [-0.15, -0.1) is 5.10 Å². The smallest absolute Gasteiger partial charge is 0.262 e. The third-order valence-electron chi connectivity index (χ3n) is 6.00. The quantitative estimate of drug-likeness (QED) is 0.445. The van der Waals surface area contributed by atoms with Gasteiger partial charge in [0.1, 0.15) is 0 Å². The van der Waals surface area contributed by atoms with E-state index >= 15 is 0 Å². The van der Waals surface area contributed by atoms with Crippen molar-refractivity contribution < 1.29 is 0 Å². The minimum Gasteiger partial charge on any atom is -0.279 e. The molecule has 2 aromatic carbocycles. The van der Waals surface area contributed by atoms with Crippen molar-refractivity contribution in [3.05, 3.63) is 74.8 Å². The van der Waals surface area contributed by atoms with E-state index in [1.807, 2.05) is 33.3 Å². The summed E-state index contributed by atoms with van der Waals surface area (Å²) in [5.41, 5.74) is 3.40. The fourth-order valence-electron chi connectivity index (χ4n) is 4.06. The van der Waals surface area contributed by atoms with Gasteiger partial charge in [0.25, 0.3) is 5.56 Å². The molecule has 154 valence electrons. The van der Waals surface area contributed by atoms with E-state index in [1.165, 1.54) is 24.0 Å². The molecule has 0 atom stereocenters. The molecule has 6 nitrogen and oxygen atoms in total. The molecule has 5 rings (SSSR count). The maximum atomic E-state index is 12.8. The highest BCUT2D eigenvalue weighted by molar-refractivity contribution is 7.71. The molecule has 0 amide bonds. The Morgan fingerprint density at radius 1 is 1.10 bits per heavy atom. The van der Waals surface area contributed by atoms with Gasteiger partial charge >= 0.3 is 0 Å². The lowest BCUT2D eigenvalue weighted by Crippen LogP contribution is -2.29. The van der Waals surface area contributed by atoms with Crippen LogP contribution in [0.1, 0.15) is 30.9 Å². The highest BCUT2D eigenvalue weighted by atomic mass is 32.1. The molecule has 0 saturated heterocycles. The summed E-state index contributed by atoms with van der Waals surface area (Å²) in [4.78, 5) is 15.2. The number of nitrogens with zero attached hydrogens (tertiary/aromatic N) is 5. The number of para-hydroxylation sites is 1. The molecular weight excluding hydrogens is 394 g/mol. The molecule has 4 aromatic rings. The zero-order valence-corrected chi connectivity index (χ0v) is 18.1. The van der Waals surface area contributed by atoms with Crippen molar-refractivity contribution in [3.8, 4) is 0 Å². The first-order valence-electron chi connectivity index (χ1n) is 10.5. The molecule has 2 aromatic heterocycles. The Bertz CT molecular complexity index is 1340. The average molecular weight is 420 g/mol. The van der Waals surface area contributed by atoms with Crippen LogP contribution in [0.4, 0.5) is 0 Å². The summed E-state index contributed by atoms with van der Waals surface area (Å²) < 4.78 is 5.96. The largest absolute Gasteiger partial charge is 0.279 e. The van der Waals surface area contributed by atoms with E-state index in [0.717, 1.165) is 18.5 Å². The molecule has 0 bridgehead atoms. The monoisotopic (exact) mass is 419 g/mol. The molecule has 1 aliphatic rings. The zero-order chi connectivity index (χ0) is 20.8. The second-order valence-corrected chi connectivity index (χ2v) is 8.45. The predicted molar refractivity (Wildman–Crippen MR) is 121 cm³/mol. The van der Waals surface area contributed by atoms with Crippen molar-refractivity contribution in [2.75, 3.05) is 0 Å². The summed E-state index contributed by atoms with van der Waals surface area (Å²) in [6.07, 6.45) is 3.46. The molecule has 0 N–H and O–H groups in total. The second kappa shape index (κ2) is 7.49. The van der Waals surface area contributed by atoms with E-state index in [-0.39, 0.29) is 5.56 Å². The Morgan fingerprint density at radius 2 is 1.80 bits per heavy atom. The van der Waals surface area contributed by atoms with Gasteiger partial charge in [0.2, 0.25) is 10.5 Å². The summed E-state index contributed by atoms with van der Waals surface area (Å²) in [7, 11) is 1.75. The van der Waals surface area contributed by atoms with Gasteiger partial charge < -0.3 is 0 Å². The molecule has 0 spiro atoms. The highest BCUT2D eigenvalue weighted by Gasteiger charge is 2.30. The van der Waals surface area contributed by atoms with Crippen molar-refractivity contribution in [2.24, 2.45) is 7.05 Å². The van der Waals surface area contributed by atoms with E-state index < -0.39 is 0 Å². The molecule has 1 fully saturated rings. The van der Waals surface area contributed by atoms with Crippen LogP contribution in [0.3, 0.4) is 0 Å². The average Bonchev–Trinajstić information content (AvgIpc) is 3.57. The third-order valence-corrected chi connectivity index (χ3v) is 6.39. The van der Waals surface area contributed by atoms with Gasteiger partial charge in [0, 0.05) is 19.6 Å². The van der Waals surface area contributed by atoms with Crippen molar-refractivity contribution >= 4 is 28.9 Å². The summed E-state index contributed by atoms with van der Waals surface area (Å²) in [5, 5.41) is 5.39. The molecule has 2 heterocycles. The van der Waals surface area contributed by atoms with Crippen LogP contribution in [0.15, 0.2) is 53.3 Å². The van der Waals surface area contributed by atoms with Crippen molar-refractivity contribution in [2.45, 2.75) is 45.4 Å². The first-order chi connectivity index (χ1) is 14.6. The lowest BCUT2D eigenvalue weighted by molar-refractivity contribution is 0.187. The summed E-state index contributed by atoms with van der Waals surface area (Å²) in [6.45, 7) is 3.65. The van der Waals surface area contributed by atoms with Gasteiger partial charge in [-0.05, 0) is 54.7 Å². The first-order valence-corrected chi connectivity index (χ1v) is 10.9. The molecule has 0 unspecified atom stereocenters. The van der Waals surface area contributed by atoms with Crippen LogP contribution >= 0.6 is 12.2 Å². The van der Waals surface area contributed by atoms with E-state index in [0.29, 0.717) is 28.6 Å². The van der Waals surface area contributed by atoms with Gasteiger partial charge in [-0.3, -0.25) is 18.7 Å². The van der Waals surface area contributed by atoms with Gasteiger partial charge in [0.05, 0.1) is 17.6 Å². The van der Waals surface area contributed by atoms with Gasteiger partial charge in [0.15, 0.2) is 0 Å². The Balaban J connectivity index is 1.54. The van der Waals surface area contributed by atoms with E-state index in [2.05, 4.69) is 36.1 Å². The predicted octanol–water partition coefficient (Wildman–Crippen LogP) is 3.90. The standard InChI is InChI=1S/C23H25N5OS/c1-3-16-8-10-17(11-9-16)14-26(18-12-13-18)15-27-23(30)28-20-7-5-4-6-19(20)21(29)25(2)22(28)24-27/h4-11,18H,3,12-15H2,1-2H3. The maximum absolute atomic E-state index is 12.8. The summed E-state index contributed by atoms with van der Waals surface area (Å²) >= 11 is 5.80. The van der Waals surface area contributed by atoms with Gasteiger partial charge in [-0.25, -0.2) is 4.68 Å². The van der Waals surface area contributed by atoms with Crippen LogP contribution in [0.5, 0.6) is 0 Å². The SMILES string of the molecule is CCc1ccc(CN(Cn2nc3n(C)c(=O)c4ccccc4n3c2=S)C2CC2)cc1. The maximum Gasteiger partial charge on any atom is 0.262 e. The fraction of sp³-hybridized carbons (Fsp3) is 0.348. The number of aromatic nitrogens is 4. The number of fused-ring (bicyclic) bond motifs is 3. The number of benzene rings is 2. The molecular formula is C23H25N5OS. The van der Waals surface area contributed by atoms with Crippen LogP contribution in [-0.2, 0) is 26.7 Å². The van der Waals surface area contributed by atoms with Crippen LogP contribution in [-0.4, -0.2) is 29.7 Å². The number of aryl methyl sites for hydroxylation is 2. The lowest BCUT2D eigenvalue weighted by Gasteiger charge is -2.21. The van der Waals surface area contributed by atoms with E-state index in [9.17, 15) is 4.79 Å². The second-order valence-electron chi connectivity index (χ2n) is 8.09. The first kappa shape index (κ1) is 19.2. The molecule has 0 radical (unpaired) electrons. The normalized spacial score (nSPS) is 14.2. The van der Waals surface area contributed by atoms with Crippen molar-refractivity contribution in [1.29, 1.82) is 0 Å². The summed E-state index contributed by atoms with van der Waals surface area (Å²) in [5.74, 6) is 0.576. The van der Waals surface area contributed by atoms with E-state index in [4.69, 9.17) is 17.3 Å². The highest BCUT2D eigenvalue weighted by Crippen LogP contribution is 2.29. The van der Waals surface area contributed by atoms with Gasteiger partial charge in [-0.2, -0.15) is 0 Å². The molecule has 0 aliphatic heterocycles. The zero-order valence-electron chi connectivity index (χ0n) is 17.3. The van der Waals surface area contributed by atoms with Crippen LogP contribution in [0.2, 0.25) is 0 Å². The van der Waals surface area contributed by atoms with E-state index in [1.54, 1.807) is 11.6 Å². The molecule has 30 heavy (non-hydrogen) atoms. The number of rotatable bonds is 6. The Kier molecular flexibility index (Phi) is 4.79. The van der Waals surface area contributed by atoms with Crippen LogP contribution in [0, 0.1) is 4.77 Å². The van der Waals surface area contributed by atoms with Crippen LogP contribution < -0.4 is 5.56 Å². The molecule has 1 saturated carbocycles. The number of hydrogen-bond acceptors (Lipinski definition) is 4. The summed E-state index contributed by atoms with van der Waals surface area (Å²) in [6, 6.07) is 17.0.